The van der Waals surface area contributed by atoms with E-state index in [1.807, 2.05) is 26.8 Å². The maximum absolute atomic E-state index is 13.6. The molecule has 1 N–H and O–H groups in total. The second kappa shape index (κ2) is 12.1. The summed E-state index contributed by atoms with van der Waals surface area (Å²) in [6, 6.07) is 9.36. The van der Waals surface area contributed by atoms with Crippen LogP contribution in [0.2, 0.25) is 10.0 Å². The molecule has 2 atom stereocenters. The first kappa shape index (κ1) is 28.9. The highest BCUT2D eigenvalue weighted by atomic mass is 35.5. The van der Waals surface area contributed by atoms with E-state index in [0.717, 1.165) is 28.1 Å². The minimum atomic E-state index is -3.79. The van der Waals surface area contributed by atoms with E-state index in [9.17, 15) is 18.0 Å². The SMILES string of the molecule is CC[C@@H](C)NC(=O)[C@@H](C)N(Cc1ccc(Cl)c(Cl)c1)C(=O)CN(c1ccc(C)cc1C)S(C)(=O)=O. The van der Waals surface area contributed by atoms with Crippen LogP contribution in [-0.4, -0.2) is 50.0 Å². The second-order valence-electron chi connectivity index (χ2n) is 8.82. The molecule has 2 rings (SSSR count). The summed E-state index contributed by atoms with van der Waals surface area (Å²) in [5.74, 6) is -0.849. The molecule has 7 nitrogen and oxygen atoms in total. The van der Waals surface area contributed by atoms with Gasteiger partial charge in [0.2, 0.25) is 21.8 Å². The molecule has 35 heavy (non-hydrogen) atoms. The number of aryl methyl sites for hydroxylation is 2. The van der Waals surface area contributed by atoms with Crippen LogP contribution in [0.5, 0.6) is 0 Å². The Kier molecular flexibility index (Phi) is 10.0. The molecular weight excluding hydrogens is 509 g/mol. The van der Waals surface area contributed by atoms with Crippen molar-refractivity contribution >= 4 is 50.7 Å². The van der Waals surface area contributed by atoms with E-state index in [0.29, 0.717) is 21.3 Å². The van der Waals surface area contributed by atoms with E-state index < -0.39 is 28.5 Å². The van der Waals surface area contributed by atoms with Crippen molar-refractivity contribution < 1.29 is 18.0 Å². The van der Waals surface area contributed by atoms with Crippen LogP contribution in [-0.2, 0) is 26.2 Å². The van der Waals surface area contributed by atoms with Crippen LogP contribution in [0.4, 0.5) is 5.69 Å². The molecule has 0 aliphatic heterocycles. The van der Waals surface area contributed by atoms with Gasteiger partial charge < -0.3 is 10.2 Å². The summed E-state index contributed by atoms with van der Waals surface area (Å²) >= 11 is 12.2. The lowest BCUT2D eigenvalue weighted by molar-refractivity contribution is -0.139. The van der Waals surface area contributed by atoms with Crippen molar-refractivity contribution in [2.75, 3.05) is 17.1 Å². The Bertz CT molecular complexity index is 1190. The molecule has 0 saturated carbocycles. The van der Waals surface area contributed by atoms with E-state index in [4.69, 9.17) is 23.2 Å². The zero-order valence-corrected chi connectivity index (χ0v) is 23.3. The Balaban J connectivity index is 2.44. The normalized spacial score (nSPS) is 13.1. The van der Waals surface area contributed by atoms with Crippen LogP contribution >= 0.6 is 23.2 Å². The zero-order valence-electron chi connectivity index (χ0n) is 20.9. The summed E-state index contributed by atoms with van der Waals surface area (Å²) in [6.45, 7) is 8.74. The summed E-state index contributed by atoms with van der Waals surface area (Å²) in [6.07, 6.45) is 1.79. The van der Waals surface area contributed by atoms with Gasteiger partial charge in [-0.2, -0.15) is 0 Å². The van der Waals surface area contributed by atoms with Gasteiger partial charge in [-0.25, -0.2) is 8.42 Å². The molecule has 0 aromatic heterocycles. The maximum Gasteiger partial charge on any atom is 0.244 e. The van der Waals surface area contributed by atoms with Crippen molar-refractivity contribution in [3.8, 4) is 0 Å². The van der Waals surface area contributed by atoms with Crippen molar-refractivity contribution in [3.63, 3.8) is 0 Å². The van der Waals surface area contributed by atoms with E-state index in [1.54, 1.807) is 44.2 Å². The van der Waals surface area contributed by atoms with Crippen LogP contribution in [0.15, 0.2) is 36.4 Å². The number of nitrogens with zero attached hydrogens (tertiary/aromatic N) is 2. The molecule has 0 aliphatic carbocycles. The van der Waals surface area contributed by atoms with Crippen LogP contribution in [0.1, 0.15) is 43.9 Å². The second-order valence-corrected chi connectivity index (χ2v) is 11.5. The highest BCUT2D eigenvalue weighted by Crippen LogP contribution is 2.26. The highest BCUT2D eigenvalue weighted by molar-refractivity contribution is 7.92. The number of anilines is 1. The Morgan fingerprint density at radius 3 is 2.23 bits per heavy atom. The van der Waals surface area contributed by atoms with Crippen LogP contribution < -0.4 is 9.62 Å². The average molecular weight is 543 g/mol. The first-order valence-corrected chi connectivity index (χ1v) is 13.9. The fraction of sp³-hybridized carbons (Fsp3) is 0.440. The molecule has 0 spiro atoms. The lowest BCUT2D eigenvalue weighted by Crippen LogP contribution is -2.52. The number of nitrogens with one attached hydrogen (secondary N) is 1. The minimum absolute atomic E-state index is 0.0509. The standard InChI is InChI=1S/C25H33Cl2N3O4S/c1-7-18(4)28-25(32)19(5)29(14-20-9-10-21(26)22(27)13-20)24(31)15-30(35(6,33)34)23-11-8-16(2)12-17(23)3/h8-13,18-19H,7,14-15H2,1-6H3,(H,28,32)/t18-,19-/m1/s1. The molecule has 0 unspecified atom stereocenters. The molecule has 0 aliphatic rings. The third-order valence-corrected chi connectivity index (χ3v) is 7.67. The summed E-state index contributed by atoms with van der Waals surface area (Å²) in [7, 11) is -3.79. The van der Waals surface area contributed by atoms with Crippen LogP contribution in [0.3, 0.4) is 0 Å². The van der Waals surface area contributed by atoms with Gasteiger partial charge in [0.1, 0.15) is 12.6 Å². The molecule has 2 aromatic rings. The number of carbonyl (C=O) groups is 2. The number of halogens is 2. The molecular formula is C25H33Cl2N3O4S. The number of hydrogen-bond acceptors (Lipinski definition) is 4. The molecule has 10 heteroatoms. The predicted molar refractivity (Wildman–Crippen MR) is 142 cm³/mol. The fourth-order valence-electron chi connectivity index (χ4n) is 3.56. The zero-order chi connectivity index (χ0) is 26.5. The summed E-state index contributed by atoms with van der Waals surface area (Å²) in [5, 5.41) is 3.58. The predicted octanol–water partition coefficient (Wildman–Crippen LogP) is 4.71. The van der Waals surface area contributed by atoms with Crippen molar-refractivity contribution in [2.24, 2.45) is 0 Å². The summed E-state index contributed by atoms with van der Waals surface area (Å²) < 4.78 is 26.5. The minimum Gasteiger partial charge on any atom is -0.352 e. The molecule has 0 fully saturated rings. The van der Waals surface area contributed by atoms with Gasteiger partial charge in [-0.05, 0) is 63.4 Å². The van der Waals surface area contributed by atoms with Gasteiger partial charge >= 0.3 is 0 Å². The smallest absolute Gasteiger partial charge is 0.244 e. The number of carbonyl (C=O) groups excluding carboxylic acids is 2. The quantitative estimate of drug-likeness (QED) is 0.471. The maximum atomic E-state index is 13.6. The number of rotatable bonds is 10. The van der Waals surface area contributed by atoms with E-state index in [1.165, 1.54) is 4.90 Å². The largest absolute Gasteiger partial charge is 0.352 e. The van der Waals surface area contributed by atoms with Gasteiger partial charge in [-0.3, -0.25) is 13.9 Å². The fourth-order valence-corrected chi connectivity index (χ4v) is 4.79. The lowest BCUT2D eigenvalue weighted by atomic mass is 10.1. The number of hydrogen-bond donors (Lipinski definition) is 1. The Morgan fingerprint density at radius 2 is 1.69 bits per heavy atom. The van der Waals surface area contributed by atoms with Gasteiger partial charge in [-0.15, -0.1) is 0 Å². The summed E-state index contributed by atoms with van der Waals surface area (Å²) in [5.41, 5.74) is 2.77. The molecule has 0 bridgehead atoms. The molecule has 2 amide bonds. The van der Waals surface area contributed by atoms with Gasteiger partial charge in [0.25, 0.3) is 0 Å². The van der Waals surface area contributed by atoms with Gasteiger partial charge in [0, 0.05) is 12.6 Å². The summed E-state index contributed by atoms with van der Waals surface area (Å²) in [4.78, 5) is 27.9. The molecule has 192 valence electrons. The van der Waals surface area contributed by atoms with Crippen molar-refractivity contribution in [2.45, 2.75) is 59.7 Å². The molecule has 0 heterocycles. The van der Waals surface area contributed by atoms with Crippen molar-refractivity contribution in [1.29, 1.82) is 0 Å². The molecule has 0 saturated heterocycles. The van der Waals surface area contributed by atoms with Crippen LogP contribution in [0, 0.1) is 13.8 Å². The number of amides is 2. The van der Waals surface area contributed by atoms with Crippen LogP contribution in [0.25, 0.3) is 0 Å². The Hall–Kier alpha value is -2.29. The average Bonchev–Trinajstić information content (AvgIpc) is 2.77. The number of sulfonamides is 1. The first-order valence-electron chi connectivity index (χ1n) is 11.3. The van der Waals surface area contributed by atoms with Gasteiger partial charge in [0.05, 0.1) is 22.0 Å². The van der Waals surface area contributed by atoms with Crippen molar-refractivity contribution in [1.82, 2.24) is 10.2 Å². The third-order valence-electron chi connectivity index (χ3n) is 5.81. The number of benzene rings is 2. The highest BCUT2D eigenvalue weighted by Gasteiger charge is 2.31. The Labute approximate surface area is 218 Å². The molecule has 2 aromatic carbocycles. The lowest BCUT2D eigenvalue weighted by Gasteiger charge is -2.32. The third kappa shape index (κ3) is 7.85. The topological polar surface area (TPSA) is 86.8 Å². The monoisotopic (exact) mass is 541 g/mol. The molecule has 0 radical (unpaired) electrons. The Morgan fingerprint density at radius 1 is 1.03 bits per heavy atom. The van der Waals surface area contributed by atoms with Crippen molar-refractivity contribution in [3.05, 3.63) is 63.1 Å². The van der Waals surface area contributed by atoms with E-state index in [-0.39, 0.29) is 18.5 Å². The first-order chi connectivity index (χ1) is 16.2. The van der Waals surface area contributed by atoms with E-state index in [2.05, 4.69) is 5.32 Å². The van der Waals surface area contributed by atoms with Gasteiger partial charge in [-0.1, -0.05) is 53.9 Å². The van der Waals surface area contributed by atoms with E-state index >= 15 is 0 Å². The van der Waals surface area contributed by atoms with Gasteiger partial charge in [0.15, 0.2) is 0 Å².